The zero-order valence-corrected chi connectivity index (χ0v) is 18.8. The molecule has 1 aromatic heterocycles. The Balaban J connectivity index is 1.55. The highest BCUT2D eigenvalue weighted by Crippen LogP contribution is 2.46. The predicted molar refractivity (Wildman–Crippen MR) is 122 cm³/mol. The molecular weight excluding hydrogens is 425 g/mol. The second kappa shape index (κ2) is 8.66. The third-order valence-electron chi connectivity index (χ3n) is 6.75. The van der Waals surface area contributed by atoms with E-state index in [0.29, 0.717) is 35.2 Å². The van der Waals surface area contributed by atoms with Gasteiger partial charge in [-0.2, -0.15) is 0 Å². The number of halogens is 1. The first kappa shape index (κ1) is 21.1. The Bertz CT molecular complexity index is 1110. The Hall–Kier alpha value is -2.73. The number of carbonyl (C=O) groups is 2. The smallest absolute Gasteiger partial charge is 0.337 e. The first-order valence-corrected chi connectivity index (χ1v) is 12.1. The summed E-state index contributed by atoms with van der Waals surface area (Å²) >= 11 is 1.66. The molecule has 2 atom stereocenters. The second-order valence-electron chi connectivity index (χ2n) is 8.90. The minimum absolute atomic E-state index is 0.00470. The number of ketones is 1. The Kier molecular flexibility index (Phi) is 5.72. The van der Waals surface area contributed by atoms with Crippen molar-refractivity contribution in [2.45, 2.75) is 63.4 Å². The first-order chi connectivity index (χ1) is 15.5. The Morgan fingerprint density at radius 3 is 2.69 bits per heavy atom. The van der Waals surface area contributed by atoms with Crippen LogP contribution in [0.25, 0.3) is 0 Å². The lowest BCUT2D eigenvalue weighted by Crippen LogP contribution is -2.36. The lowest BCUT2D eigenvalue weighted by Gasteiger charge is -2.36. The van der Waals surface area contributed by atoms with E-state index >= 15 is 0 Å². The molecule has 3 aliphatic rings. The summed E-state index contributed by atoms with van der Waals surface area (Å²) < 4.78 is 20.0. The molecule has 0 radical (unpaired) electrons. The maximum atomic E-state index is 14.2. The van der Waals surface area contributed by atoms with E-state index in [0.717, 1.165) is 31.4 Å². The molecule has 4 nitrogen and oxygen atoms in total. The Morgan fingerprint density at radius 2 is 1.97 bits per heavy atom. The molecule has 6 heteroatoms. The van der Waals surface area contributed by atoms with Gasteiger partial charge in [-0.05, 0) is 68.2 Å². The zero-order chi connectivity index (χ0) is 22.2. The van der Waals surface area contributed by atoms with Crippen molar-refractivity contribution >= 4 is 23.1 Å². The van der Waals surface area contributed by atoms with Crippen LogP contribution in [0.2, 0.25) is 0 Å². The summed E-state index contributed by atoms with van der Waals surface area (Å²) in [7, 11) is 0. The molecule has 166 valence electrons. The van der Waals surface area contributed by atoms with E-state index in [1.54, 1.807) is 23.5 Å². The van der Waals surface area contributed by atoms with E-state index in [4.69, 9.17) is 4.74 Å². The number of benzene rings is 1. The highest BCUT2D eigenvalue weighted by Gasteiger charge is 2.42. The average Bonchev–Trinajstić information content (AvgIpc) is 3.47. The minimum atomic E-state index is -0.618. The Morgan fingerprint density at radius 1 is 1.16 bits per heavy atom. The van der Waals surface area contributed by atoms with Gasteiger partial charge in [0, 0.05) is 40.1 Å². The number of Topliss-reactive ketones (excluding diaryl/α,β-unsaturated/α-hetero) is 1. The quantitative estimate of drug-likeness (QED) is 0.603. The normalized spacial score (nSPS) is 23.9. The van der Waals surface area contributed by atoms with Gasteiger partial charge in [0.25, 0.3) is 0 Å². The minimum Gasteiger partial charge on any atom is -0.459 e. The van der Waals surface area contributed by atoms with Crippen LogP contribution in [0, 0.1) is 5.82 Å². The van der Waals surface area contributed by atoms with Crippen molar-refractivity contribution in [1.29, 1.82) is 0 Å². The number of dihydropyridines is 1. The molecule has 1 saturated carbocycles. The van der Waals surface area contributed by atoms with Gasteiger partial charge < -0.3 is 10.1 Å². The fraction of sp³-hybridized carbons (Fsp3) is 0.385. The standard InChI is InChI=1S/C26H26FNO3S/c1-15-23(26(30)31-19-8-2-3-9-19)24(16-6-4-7-18(27)12-16)25-20(28-15)13-17(14-21(25)29)22-10-5-11-32-22/h4-7,10-12,17,19,24,28H,2-3,8-9,13-14H2,1H3/t17-,24+/m0/s1. The van der Waals surface area contributed by atoms with Gasteiger partial charge in [-0.1, -0.05) is 18.2 Å². The summed E-state index contributed by atoms with van der Waals surface area (Å²) in [6.45, 7) is 1.85. The van der Waals surface area contributed by atoms with Crippen LogP contribution in [0.1, 0.15) is 67.7 Å². The summed E-state index contributed by atoms with van der Waals surface area (Å²) in [5.74, 6) is -1.29. The summed E-state index contributed by atoms with van der Waals surface area (Å²) in [5.41, 5.74) is 3.13. The second-order valence-corrected chi connectivity index (χ2v) is 9.88. The maximum Gasteiger partial charge on any atom is 0.337 e. The summed E-state index contributed by atoms with van der Waals surface area (Å²) in [6.07, 6.45) is 4.83. The highest BCUT2D eigenvalue weighted by molar-refractivity contribution is 7.10. The molecule has 0 spiro atoms. The van der Waals surface area contributed by atoms with Crippen molar-refractivity contribution < 1.29 is 18.7 Å². The van der Waals surface area contributed by atoms with Crippen molar-refractivity contribution in [3.8, 4) is 0 Å². The van der Waals surface area contributed by atoms with Crippen LogP contribution in [-0.4, -0.2) is 17.9 Å². The summed E-state index contributed by atoms with van der Waals surface area (Å²) in [4.78, 5) is 28.0. The van der Waals surface area contributed by atoms with Gasteiger partial charge >= 0.3 is 5.97 Å². The van der Waals surface area contributed by atoms with Crippen LogP contribution in [-0.2, 0) is 14.3 Å². The monoisotopic (exact) mass is 451 g/mol. The number of allylic oxidation sites excluding steroid dienone is 3. The van der Waals surface area contributed by atoms with E-state index in [2.05, 4.69) is 11.4 Å². The lowest BCUT2D eigenvalue weighted by atomic mass is 9.72. The average molecular weight is 452 g/mol. The van der Waals surface area contributed by atoms with Crippen molar-refractivity contribution in [2.24, 2.45) is 0 Å². The SMILES string of the molecule is CC1=C(C(=O)OC2CCCC2)[C@@H](c2cccc(F)c2)C2=C(C[C@H](c3cccs3)CC2=O)N1. The van der Waals surface area contributed by atoms with E-state index < -0.39 is 11.9 Å². The molecule has 1 aliphatic heterocycles. The molecule has 0 bridgehead atoms. The molecule has 0 amide bonds. The summed E-state index contributed by atoms with van der Waals surface area (Å²) in [5, 5.41) is 5.38. The van der Waals surface area contributed by atoms with E-state index in [1.807, 2.05) is 18.4 Å². The third kappa shape index (κ3) is 3.92. The molecule has 0 saturated heterocycles. The number of ether oxygens (including phenoxy) is 1. The topological polar surface area (TPSA) is 55.4 Å². The lowest BCUT2D eigenvalue weighted by molar-refractivity contribution is -0.144. The molecule has 0 unspecified atom stereocenters. The summed E-state index contributed by atoms with van der Waals surface area (Å²) in [6, 6.07) is 10.3. The number of esters is 1. The van der Waals surface area contributed by atoms with Gasteiger partial charge in [0.1, 0.15) is 11.9 Å². The number of rotatable bonds is 4. The van der Waals surface area contributed by atoms with Crippen LogP contribution < -0.4 is 5.32 Å². The number of nitrogens with one attached hydrogen (secondary N) is 1. The van der Waals surface area contributed by atoms with Gasteiger partial charge in [-0.3, -0.25) is 4.79 Å². The van der Waals surface area contributed by atoms with Gasteiger partial charge in [0.05, 0.1) is 5.57 Å². The van der Waals surface area contributed by atoms with Gasteiger partial charge in [0.15, 0.2) is 5.78 Å². The van der Waals surface area contributed by atoms with Gasteiger partial charge in [0.2, 0.25) is 0 Å². The molecule has 2 aliphatic carbocycles. The molecule has 2 heterocycles. The molecule has 5 rings (SSSR count). The number of carbonyl (C=O) groups excluding carboxylic acids is 2. The zero-order valence-electron chi connectivity index (χ0n) is 18.0. The molecule has 32 heavy (non-hydrogen) atoms. The largest absolute Gasteiger partial charge is 0.459 e. The fourth-order valence-electron chi connectivity index (χ4n) is 5.27. The van der Waals surface area contributed by atoms with Crippen LogP contribution >= 0.6 is 11.3 Å². The molecule has 1 N–H and O–H groups in total. The van der Waals surface area contributed by atoms with Gasteiger partial charge in [-0.15, -0.1) is 11.3 Å². The number of thiophene rings is 1. The number of hydrogen-bond acceptors (Lipinski definition) is 5. The van der Waals surface area contributed by atoms with Gasteiger partial charge in [-0.25, -0.2) is 9.18 Å². The van der Waals surface area contributed by atoms with Crippen molar-refractivity contribution in [2.75, 3.05) is 0 Å². The molecule has 1 aromatic carbocycles. The molecular formula is C26H26FNO3S. The van der Waals surface area contributed by atoms with Crippen LogP contribution in [0.3, 0.4) is 0 Å². The Labute approximate surface area is 191 Å². The maximum absolute atomic E-state index is 14.2. The first-order valence-electron chi connectivity index (χ1n) is 11.2. The van der Waals surface area contributed by atoms with Crippen molar-refractivity contribution in [3.63, 3.8) is 0 Å². The highest BCUT2D eigenvalue weighted by atomic mass is 32.1. The molecule has 1 fully saturated rings. The van der Waals surface area contributed by atoms with Crippen molar-refractivity contribution in [1.82, 2.24) is 5.32 Å². The van der Waals surface area contributed by atoms with Crippen molar-refractivity contribution in [3.05, 3.63) is 80.6 Å². The molecule has 2 aromatic rings. The third-order valence-corrected chi connectivity index (χ3v) is 7.79. The number of hydrogen-bond donors (Lipinski definition) is 1. The van der Waals surface area contributed by atoms with E-state index in [9.17, 15) is 14.0 Å². The van der Waals surface area contributed by atoms with Crippen LogP contribution in [0.5, 0.6) is 0 Å². The fourth-order valence-corrected chi connectivity index (χ4v) is 6.11. The predicted octanol–water partition coefficient (Wildman–Crippen LogP) is 5.73. The van der Waals surface area contributed by atoms with E-state index in [-0.39, 0.29) is 23.6 Å². The van der Waals surface area contributed by atoms with Crippen LogP contribution in [0.15, 0.2) is 64.3 Å². The van der Waals surface area contributed by atoms with E-state index in [1.165, 1.54) is 17.0 Å². The van der Waals surface area contributed by atoms with Crippen LogP contribution in [0.4, 0.5) is 4.39 Å².